The molecule has 0 aliphatic carbocycles. The maximum Gasteiger partial charge on any atom is 0.387 e. The van der Waals surface area contributed by atoms with Gasteiger partial charge in [-0.1, -0.05) is 30.3 Å². The molecule has 0 saturated heterocycles. The maximum atomic E-state index is 11.7. The van der Waals surface area contributed by atoms with Crippen LogP contribution in [0.15, 0.2) is 54.6 Å². The third-order valence-corrected chi connectivity index (χ3v) is 3.24. The minimum Gasteiger partial charge on any atom is -0.242 e. The molecule has 0 unspecified atom stereocenters. The third kappa shape index (κ3) is 3.54. The van der Waals surface area contributed by atoms with Crippen molar-refractivity contribution in [2.45, 2.75) is 0 Å². The number of hydrogen-bond acceptors (Lipinski definition) is 4. The molecule has 2 aromatic rings. The first-order chi connectivity index (χ1) is 9.18. The molecular formula is C14H9IO4. The highest BCUT2D eigenvalue weighted by molar-refractivity contribution is 14.1. The van der Waals surface area contributed by atoms with Crippen LogP contribution in [0, 0.1) is 3.57 Å². The molecule has 0 amide bonds. The predicted molar refractivity (Wildman–Crippen MR) is 76.4 cm³/mol. The van der Waals surface area contributed by atoms with Crippen LogP contribution in [-0.2, 0) is 9.78 Å². The van der Waals surface area contributed by atoms with E-state index in [1.54, 1.807) is 54.6 Å². The molecule has 0 aliphatic rings. The lowest BCUT2D eigenvalue weighted by atomic mass is 10.2. The lowest BCUT2D eigenvalue weighted by Gasteiger charge is -2.04. The molecule has 0 spiro atoms. The quantitative estimate of drug-likeness (QED) is 0.464. The first-order valence-electron chi connectivity index (χ1n) is 5.41. The first kappa shape index (κ1) is 13.5. The number of carbonyl (C=O) groups excluding carboxylic acids is 2. The van der Waals surface area contributed by atoms with Gasteiger partial charge in [-0.2, -0.15) is 0 Å². The highest BCUT2D eigenvalue weighted by Gasteiger charge is 2.15. The van der Waals surface area contributed by atoms with E-state index < -0.39 is 11.9 Å². The van der Waals surface area contributed by atoms with E-state index >= 15 is 0 Å². The van der Waals surface area contributed by atoms with Gasteiger partial charge in [-0.3, -0.25) is 0 Å². The largest absolute Gasteiger partial charge is 0.387 e. The van der Waals surface area contributed by atoms with Crippen molar-refractivity contribution in [3.8, 4) is 0 Å². The molecule has 2 rings (SSSR count). The lowest BCUT2D eigenvalue weighted by molar-refractivity contribution is -0.187. The summed E-state index contributed by atoms with van der Waals surface area (Å²) in [6.07, 6.45) is 0. The van der Waals surface area contributed by atoms with Crippen LogP contribution in [0.5, 0.6) is 0 Å². The fourth-order valence-electron chi connectivity index (χ4n) is 1.37. The van der Waals surface area contributed by atoms with Crippen LogP contribution in [-0.4, -0.2) is 11.9 Å². The van der Waals surface area contributed by atoms with Crippen molar-refractivity contribution < 1.29 is 19.4 Å². The van der Waals surface area contributed by atoms with Crippen LogP contribution < -0.4 is 0 Å². The van der Waals surface area contributed by atoms with Crippen LogP contribution >= 0.6 is 22.6 Å². The maximum absolute atomic E-state index is 11.7. The Kier molecular flexibility index (Phi) is 4.51. The summed E-state index contributed by atoms with van der Waals surface area (Å²) in [4.78, 5) is 32.3. The van der Waals surface area contributed by atoms with Crippen LogP contribution in [0.4, 0.5) is 0 Å². The highest BCUT2D eigenvalue weighted by atomic mass is 127. The van der Waals surface area contributed by atoms with Gasteiger partial charge in [0.05, 0.1) is 11.1 Å². The summed E-state index contributed by atoms with van der Waals surface area (Å²) in [5.74, 6) is -1.41. The SMILES string of the molecule is O=C(OOC(=O)c1ccccc1I)c1ccccc1. The van der Waals surface area contributed by atoms with Crippen molar-refractivity contribution in [1.82, 2.24) is 0 Å². The molecular weight excluding hydrogens is 359 g/mol. The van der Waals surface area contributed by atoms with Gasteiger partial charge in [0.15, 0.2) is 0 Å². The van der Waals surface area contributed by atoms with E-state index in [0.717, 1.165) is 3.57 Å². The van der Waals surface area contributed by atoms with Gasteiger partial charge in [0.1, 0.15) is 0 Å². The van der Waals surface area contributed by atoms with Crippen molar-refractivity contribution in [2.75, 3.05) is 0 Å². The molecule has 4 nitrogen and oxygen atoms in total. The van der Waals surface area contributed by atoms with Gasteiger partial charge >= 0.3 is 11.9 Å². The lowest BCUT2D eigenvalue weighted by Crippen LogP contribution is -2.12. The minimum atomic E-state index is -0.708. The van der Waals surface area contributed by atoms with Crippen molar-refractivity contribution in [3.63, 3.8) is 0 Å². The average molecular weight is 368 g/mol. The second kappa shape index (κ2) is 6.33. The van der Waals surface area contributed by atoms with E-state index in [4.69, 9.17) is 0 Å². The second-order valence-electron chi connectivity index (χ2n) is 3.59. The number of benzene rings is 2. The van der Waals surface area contributed by atoms with Crippen LogP contribution in [0.3, 0.4) is 0 Å². The van der Waals surface area contributed by atoms with Crippen LogP contribution in [0.2, 0.25) is 0 Å². The van der Waals surface area contributed by atoms with Crippen LogP contribution in [0.25, 0.3) is 0 Å². The van der Waals surface area contributed by atoms with Crippen molar-refractivity contribution in [2.24, 2.45) is 0 Å². The zero-order valence-corrected chi connectivity index (χ0v) is 11.9. The predicted octanol–water partition coefficient (Wildman–Crippen LogP) is 3.22. The van der Waals surface area contributed by atoms with Gasteiger partial charge in [-0.15, -0.1) is 0 Å². The molecule has 2 aromatic carbocycles. The molecule has 0 heterocycles. The molecule has 19 heavy (non-hydrogen) atoms. The second-order valence-corrected chi connectivity index (χ2v) is 4.75. The zero-order chi connectivity index (χ0) is 13.7. The summed E-state index contributed by atoms with van der Waals surface area (Å²) >= 11 is 2.00. The molecule has 96 valence electrons. The zero-order valence-electron chi connectivity index (χ0n) is 9.71. The molecule has 0 bridgehead atoms. The molecule has 5 heteroatoms. The van der Waals surface area contributed by atoms with Crippen molar-refractivity contribution >= 4 is 34.5 Å². The van der Waals surface area contributed by atoms with Crippen molar-refractivity contribution in [1.29, 1.82) is 0 Å². The standard InChI is InChI=1S/C14H9IO4/c15-12-9-5-4-8-11(12)14(17)19-18-13(16)10-6-2-1-3-7-10/h1-9H. The fourth-order valence-corrected chi connectivity index (χ4v) is 1.98. The van der Waals surface area contributed by atoms with E-state index in [2.05, 4.69) is 9.78 Å². The fraction of sp³-hybridized carbons (Fsp3) is 0. The summed E-state index contributed by atoms with van der Waals surface area (Å²) in [6, 6.07) is 15.2. The monoisotopic (exact) mass is 368 g/mol. The topological polar surface area (TPSA) is 52.6 Å². The van der Waals surface area contributed by atoms with Gasteiger partial charge in [0, 0.05) is 3.57 Å². The van der Waals surface area contributed by atoms with Crippen LogP contribution in [0.1, 0.15) is 20.7 Å². The van der Waals surface area contributed by atoms with E-state index in [1.807, 2.05) is 22.6 Å². The van der Waals surface area contributed by atoms with E-state index in [1.165, 1.54) is 0 Å². The smallest absolute Gasteiger partial charge is 0.242 e. The summed E-state index contributed by atoms with van der Waals surface area (Å²) in [6.45, 7) is 0. The average Bonchev–Trinajstić information content (AvgIpc) is 2.46. The number of halogens is 1. The molecule has 0 fully saturated rings. The molecule has 0 atom stereocenters. The molecule has 0 aromatic heterocycles. The van der Waals surface area contributed by atoms with E-state index in [0.29, 0.717) is 11.1 Å². The molecule has 0 saturated carbocycles. The summed E-state index contributed by atoms with van der Waals surface area (Å²) in [7, 11) is 0. The molecule has 0 N–H and O–H groups in total. The van der Waals surface area contributed by atoms with Gasteiger partial charge in [0.25, 0.3) is 0 Å². The Morgan fingerprint density at radius 1 is 0.789 bits per heavy atom. The van der Waals surface area contributed by atoms with Crippen molar-refractivity contribution in [3.05, 3.63) is 69.3 Å². The Balaban J connectivity index is 1.98. The van der Waals surface area contributed by atoms with E-state index in [-0.39, 0.29) is 0 Å². The Morgan fingerprint density at radius 2 is 1.37 bits per heavy atom. The summed E-state index contributed by atoms with van der Waals surface area (Å²) < 4.78 is 0.723. The number of hydrogen-bond donors (Lipinski definition) is 0. The first-order valence-corrected chi connectivity index (χ1v) is 6.49. The summed E-state index contributed by atoms with van der Waals surface area (Å²) in [5, 5.41) is 0. The molecule has 0 aliphatic heterocycles. The Labute approximate surface area is 123 Å². The highest BCUT2D eigenvalue weighted by Crippen LogP contribution is 2.13. The number of carbonyl (C=O) groups is 2. The Morgan fingerprint density at radius 3 is 2.05 bits per heavy atom. The Hall–Kier alpha value is -1.89. The Bertz CT molecular complexity index is 595. The normalized spacial score (nSPS) is 9.74. The van der Waals surface area contributed by atoms with E-state index in [9.17, 15) is 9.59 Å². The number of rotatable bonds is 2. The minimum absolute atomic E-state index is 0.318. The van der Waals surface area contributed by atoms with Gasteiger partial charge < -0.3 is 0 Å². The van der Waals surface area contributed by atoms with Gasteiger partial charge in [-0.05, 0) is 46.9 Å². The molecule has 0 radical (unpaired) electrons. The summed E-state index contributed by atoms with van der Waals surface area (Å²) in [5.41, 5.74) is 0.669. The van der Waals surface area contributed by atoms with Gasteiger partial charge in [-0.25, -0.2) is 19.4 Å². The third-order valence-electron chi connectivity index (χ3n) is 2.30. The van der Waals surface area contributed by atoms with Gasteiger partial charge in [0.2, 0.25) is 0 Å².